The van der Waals surface area contributed by atoms with Crippen LogP contribution >= 0.6 is 11.3 Å². The van der Waals surface area contributed by atoms with Crippen LogP contribution in [0.15, 0.2) is 35.2 Å². The van der Waals surface area contributed by atoms with Crippen LogP contribution in [-0.4, -0.2) is 44.8 Å². The Morgan fingerprint density at radius 1 is 1.17 bits per heavy atom. The predicted molar refractivity (Wildman–Crippen MR) is 114 cm³/mol. The van der Waals surface area contributed by atoms with Gasteiger partial charge >= 0.3 is 5.97 Å². The fraction of sp³-hybridized carbons (Fsp3) is 0.429. The highest BCUT2D eigenvalue weighted by Gasteiger charge is 2.35. The summed E-state index contributed by atoms with van der Waals surface area (Å²) in [6.45, 7) is 0.517. The van der Waals surface area contributed by atoms with E-state index in [0.717, 1.165) is 29.7 Å². The first kappa shape index (κ1) is 21.0. The normalized spacial score (nSPS) is 19.3. The standard InChI is InChI=1S/C21H24N2O5S2/c1-28-21(25)18-16-10-5-11-17(16)29-20(18)22-19(24)14-7-6-12-23(13-14)30(26,27)15-8-3-2-4-9-15/h2-4,8-9,14H,5-7,10-13H2,1H3,(H,22,24). The number of nitrogens with zero attached hydrogens (tertiary/aromatic N) is 1. The first-order chi connectivity index (χ1) is 14.4. The maximum absolute atomic E-state index is 13.0. The molecule has 1 atom stereocenters. The molecule has 1 saturated heterocycles. The lowest BCUT2D eigenvalue weighted by molar-refractivity contribution is -0.120. The van der Waals surface area contributed by atoms with E-state index in [1.807, 2.05) is 0 Å². The monoisotopic (exact) mass is 448 g/mol. The van der Waals surface area contributed by atoms with Crippen LogP contribution in [0.3, 0.4) is 0 Å². The van der Waals surface area contributed by atoms with Crippen LogP contribution in [0.25, 0.3) is 0 Å². The summed E-state index contributed by atoms with van der Waals surface area (Å²) in [5, 5.41) is 3.41. The Morgan fingerprint density at radius 2 is 1.93 bits per heavy atom. The van der Waals surface area contributed by atoms with Crippen molar-refractivity contribution in [2.24, 2.45) is 5.92 Å². The molecule has 2 aliphatic rings. The van der Waals surface area contributed by atoms with Crippen molar-refractivity contribution in [1.29, 1.82) is 0 Å². The van der Waals surface area contributed by atoms with Gasteiger partial charge in [-0.15, -0.1) is 11.3 Å². The number of fused-ring (bicyclic) bond motifs is 1. The van der Waals surface area contributed by atoms with Gasteiger partial charge in [-0.25, -0.2) is 13.2 Å². The largest absolute Gasteiger partial charge is 0.465 e. The molecule has 0 bridgehead atoms. The van der Waals surface area contributed by atoms with E-state index in [-0.39, 0.29) is 17.3 Å². The van der Waals surface area contributed by atoms with Gasteiger partial charge in [-0.3, -0.25) is 4.79 Å². The van der Waals surface area contributed by atoms with Crippen molar-refractivity contribution < 1.29 is 22.7 Å². The van der Waals surface area contributed by atoms with E-state index < -0.39 is 21.9 Å². The summed E-state index contributed by atoms with van der Waals surface area (Å²) in [6, 6.07) is 8.27. The number of methoxy groups -OCH3 is 1. The van der Waals surface area contributed by atoms with Gasteiger partial charge in [0.15, 0.2) is 0 Å². The van der Waals surface area contributed by atoms with Crippen molar-refractivity contribution in [1.82, 2.24) is 4.31 Å². The Morgan fingerprint density at radius 3 is 2.67 bits per heavy atom. The second-order valence-electron chi connectivity index (χ2n) is 7.56. The number of piperidine rings is 1. The van der Waals surface area contributed by atoms with E-state index in [1.54, 1.807) is 30.3 Å². The third kappa shape index (κ3) is 3.89. The van der Waals surface area contributed by atoms with Gasteiger partial charge in [0.2, 0.25) is 15.9 Å². The molecule has 1 aliphatic carbocycles. The minimum atomic E-state index is -3.64. The summed E-state index contributed by atoms with van der Waals surface area (Å²) in [5.41, 5.74) is 1.42. The molecule has 1 N–H and O–H groups in total. The van der Waals surface area contributed by atoms with E-state index in [9.17, 15) is 18.0 Å². The van der Waals surface area contributed by atoms with Crippen molar-refractivity contribution in [2.75, 3.05) is 25.5 Å². The Bertz CT molecular complexity index is 1060. The zero-order chi connectivity index (χ0) is 21.3. The second-order valence-corrected chi connectivity index (χ2v) is 10.6. The van der Waals surface area contributed by atoms with E-state index >= 15 is 0 Å². The molecule has 1 amide bonds. The quantitative estimate of drug-likeness (QED) is 0.710. The average molecular weight is 449 g/mol. The van der Waals surface area contributed by atoms with Crippen molar-refractivity contribution in [3.8, 4) is 0 Å². The lowest BCUT2D eigenvalue weighted by Gasteiger charge is -2.31. The third-order valence-corrected chi connectivity index (χ3v) is 8.77. The lowest BCUT2D eigenvalue weighted by Crippen LogP contribution is -2.43. The van der Waals surface area contributed by atoms with E-state index in [2.05, 4.69) is 5.32 Å². The van der Waals surface area contributed by atoms with Crippen LogP contribution in [0.1, 0.15) is 40.1 Å². The highest BCUT2D eigenvalue weighted by Crippen LogP contribution is 2.40. The third-order valence-electron chi connectivity index (χ3n) is 5.68. The molecule has 7 nitrogen and oxygen atoms in total. The molecule has 0 radical (unpaired) electrons. The molecule has 2 aromatic rings. The number of ether oxygens (including phenoxy) is 1. The van der Waals surface area contributed by atoms with Gasteiger partial charge in [0.25, 0.3) is 0 Å². The Labute approximate surface area is 180 Å². The van der Waals surface area contributed by atoms with E-state index in [0.29, 0.717) is 30.0 Å². The number of nitrogens with one attached hydrogen (secondary N) is 1. The number of aryl methyl sites for hydroxylation is 1. The highest BCUT2D eigenvalue weighted by atomic mass is 32.2. The molecule has 160 valence electrons. The van der Waals surface area contributed by atoms with E-state index in [4.69, 9.17) is 4.74 Å². The number of sulfonamides is 1. The zero-order valence-electron chi connectivity index (χ0n) is 16.7. The van der Waals surface area contributed by atoms with Crippen LogP contribution in [0.5, 0.6) is 0 Å². The number of amides is 1. The van der Waals surface area contributed by atoms with Gasteiger partial charge in [0.05, 0.1) is 23.5 Å². The molecule has 1 aromatic carbocycles. The Kier molecular flexibility index (Phi) is 5.95. The minimum absolute atomic E-state index is 0.127. The molecule has 1 aliphatic heterocycles. The summed E-state index contributed by atoms with van der Waals surface area (Å²) in [5.74, 6) is -1.17. The van der Waals surface area contributed by atoms with Gasteiger partial charge in [-0.2, -0.15) is 4.31 Å². The number of carbonyl (C=O) groups is 2. The van der Waals surface area contributed by atoms with Crippen molar-refractivity contribution in [3.63, 3.8) is 0 Å². The zero-order valence-corrected chi connectivity index (χ0v) is 18.4. The fourth-order valence-electron chi connectivity index (χ4n) is 4.14. The fourth-order valence-corrected chi connectivity index (χ4v) is 6.97. The number of anilines is 1. The van der Waals surface area contributed by atoms with Crippen molar-refractivity contribution in [2.45, 2.75) is 37.0 Å². The lowest BCUT2D eigenvalue weighted by atomic mass is 9.99. The van der Waals surface area contributed by atoms with Gasteiger partial charge in [-0.1, -0.05) is 18.2 Å². The maximum atomic E-state index is 13.0. The van der Waals surface area contributed by atoms with Crippen LogP contribution in [0.4, 0.5) is 5.00 Å². The van der Waals surface area contributed by atoms with Crippen molar-refractivity contribution in [3.05, 3.63) is 46.3 Å². The molecule has 9 heteroatoms. The number of hydrogen-bond acceptors (Lipinski definition) is 6. The first-order valence-electron chi connectivity index (χ1n) is 10.0. The number of benzene rings is 1. The molecule has 0 saturated carbocycles. The topological polar surface area (TPSA) is 92.8 Å². The first-order valence-corrected chi connectivity index (χ1v) is 12.3. The van der Waals surface area contributed by atoms with Crippen molar-refractivity contribution >= 4 is 38.2 Å². The summed E-state index contributed by atoms with van der Waals surface area (Å²) >= 11 is 1.42. The number of hydrogen-bond donors (Lipinski definition) is 1. The highest BCUT2D eigenvalue weighted by molar-refractivity contribution is 7.89. The summed E-state index contributed by atoms with van der Waals surface area (Å²) in [6.07, 6.45) is 3.90. The molecule has 2 heterocycles. The maximum Gasteiger partial charge on any atom is 0.341 e. The summed E-state index contributed by atoms with van der Waals surface area (Å²) in [7, 11) is -2.31. The number of carbonyl (C=O) groups excluding carboxylic acids is 2. The number of thiophene rings is 1. The predicted octanol–water partition coefficient (Wildman–Crippen LogP) is 3.06. The molecule has 30 heavy (non-hydrogen) atoms. The van der Waals surface area contributed by atoms with Crippen LogP contribution < -0.4 is 5.32 Å². The van der Waals surface area contributed by atoms with Crippen LogP contribution in [0, 0.1) is 5.92 Å². The Balaban J connectivity index is 1.52. The van der Waals surface area contributed by atoms with Crippen LogP contribution in [-0.2, 0) is 32.4 Å². The SMILES string of the molecule is COC(=O)c1c(NC(=O)C2CCCN(S(=O)(=O)c3ccccc3)C2)sc2c1CCC2. The van der Waals surface area contributed by atoms with Gasteiger partial charge in [0, 0.05) is 18.0 Å². The van der Waals surface area contributed by atoms with E-state index in [1.165, 1.54) is 22.8 Å². The second kappa shape index (κ2) is 8.49. The molecule has 1 unspecified atom stereocenters. The summed E-state index contributed by atoms with van der Waals surface area (Å²) < 4.78 is 32.2. The Hall–Kier alpha value is -2.23. The van der Waals surface area contributed by atoms with Gasteiger partial charge in [0.1, 0.15) is 5.00 Å². The van der Waals surface area contributed by atoms with Crippen LogP contribution in [0.2, 0.25) is 0 Å². The smallest absolute Gasteiger partial charge is 0.341 e. The number of esters is 1. The molecule has 1 aromatic heterocycles. The molecule has 1 fully saturated rings. The van der Waals surface area contributed by atoms with Gasteiger partial charge in [-0.05, 0) is 49.8 Å². The number of rotatable bonds is 5. The van der Waals surface area contributed by atoms with Gasteiger partial charge < -0.3 is 10.1 Å². The summed E-state index contributed by atoms with van der Waals surface area (Å²) in [4.78, 5) is 26.6. The molecular formula is C21H24N2O5S2. The minimum Gasteiger partial charge on any atom is -0.465 e. The molecule has 0 spiro atoms. The molecular weight excluding hydrogens is 424 g/mol. The average Bonchev–Trinajstić information content (AvgIpc) is 3.34. The molecule has 4 rings (SSSR count).